The minimum atomic E-state index is 0.0113. The summed E-state index contributed by atoms with van der Waals surface area (Å²) in [6, 6.07) is 15.3. The van der Waals surface area contributed by atoms with Crippen molar-refractivity contribution in [2.24, 2.45) is 11.7 Å². The van der Waals surface area contributed by atoms with Gasteiger partial charge in [0.25, 0.3) is 0 Å². The van der Waals surface area contributed by atoms with Crippen LogP contribution in [0.5, 0.6) is 5.75 Å². The molecule has 2 aromatic rings. The van der Waals surface area contributed by atoms with Crippen LogP contribution in [0.4, 0.5) is 0 Å². The van der Waals surface area contributed by atoms with Gasteiger partial charge in [-0.05, 0) is 54.2 Å². The Hall–Kier alpha value is -2.04. The molecule has 25 heavy (non-hydrogen) atoms. The molecule has 5 heteroatoms. The molecule has 0 aromatic heterocycles. The van der Waals surface area contributed by atoms with E-state index in [1.807, 2.05) is 48.5 Å². The zero-order chi connectivity index (χ0) is 17.6. The zero-order valence-corrected chi connectivity index (χ0v) is 14.8. The molecule has 1 saturated carbocycles. The Morgan fingerprint density at radius 1 is 1.20 bits per heavy atom. The number of nitrogens with one attached hydrogen (secondary N) is 1. The van der Waals surface area contributed by atoms with Crippen LogP contribution in [0.15, 0.2) is 48.5 Å². The van der Waals surface area contributed by atoms with Crippen molar-refractivity contribution in [3.05, 3.63) is 64.7 Å². The molecule has 1 aliphatic carbocycles. The van der Waals surface area contributed by atoms with Crippen molar-refractivity contribution in [3.63, 3.8) is 0 Å². The van der Waals surface area contributed by atoms with Gasteiger partial charge in [0, 0.05) is 17.6 Å². The predicted octanol–water partition coefficient (Wildman–Crippen LogP) is 3.32. The van der Waals surface area contributed by atoms with Crippen LogP contribution < -0.4 is 15.8 Å². The van der Waals surface area contributed by atoms with Gasteiger partial charge in [-0.25, -0.2) is 0 Å². The third-order valence-electron chi connectivity index (χ3n) is 4.37. The highest BCUT2D eigenvalue weighted by atomic mass is 35.5. The molecule has 0 spiro atoms. The predicted molar refractivity (Wildman–Crippen MR) is 99.6 cm³/mol. The number of hydrogen-bond acceptors (Lipinski definition) is 3. The molecule has 0 aliphatic heterocycles. The Labute approximate surface area is 153 Å². The standard InChI is InChI=1S/C20H23ClN2O2/c21-17-8-4-14(5-9-17)13-25-18-3-1-2-15(10-18)11-20(24)23-19(12-22)16-6-7-16/h1-5,8-10,16,19H,6-7,11-13,22H2,(H,23,24). The van der Waals surface area contributed by atoms with E-state index in [9.17, 15) is 4.79 Å². The minimum Gasteiger partial charge on any atom is -0.489 e. The maximum atomic E-state index is 12.2. The second kappa shape index (κ2) is 8.37. The highest BCUT2D eigenvalue weighted by molar-refractivity contribution is 6.30. The Balaban J connectivity index is 1.53. The lowest BCUT2D eigenvalue weighted by atomic mass is 10.1. The van der Waals surface area contributed by atoms with Crippen molar-refractivity contribution in [3.8, 4) is 5.75 Å². The topological polar surface area (TPSA) is 64.3 Å². The third-order valence-corrected chi connectivity index (χ3v) is 4.63. The Morgan fingerprint density at radius 3 is 2.64 bits per heavy atom. The summed E-state index contributed by atoms with van der Waals surface area (Å²) in [7, 11) is 0. The van der Waals surface area contributed by atoms with Crippen LogP contribution in [0.2, 0.25) is 5.02 Å². The van der Waals surface area contributed by atoms with E-state index in [1.165, 1.54) is 0 Å². The number of carbonyl (C=O) groups is 1. The molecule has 0 bridgehead atoms. The van der Waals surface area contributed by atoms with Gasteiger partial charge in [0.1, 0.15) is 12.4 Å². The molecule has 1 unspecified atom stereocenters. The number of rotatable bonds is 8. The van der Waals surface area contributed by atoms with Gasteiger partial charge in [-0.2, -0.15) is 0 Å². The first-order valence-electron chi connectivity index (χ1n) is 8.59. The maximum absolute atomic E-state index is 12.2. The first kappa shape index (κ1) is 17.8. The summed E-state index contributed by atoms with van der Waals surface area (Å²) in [5.74, 6) is 1.32. The molecule has 3 rings (SSSR count). The van der Waals surface area contributed by atoms with Crippen LogP contribution in [-0.4, -0.2) is 18.5 Å². The van der Waals surface area contributed by atoms with E-state index in [4.69, 9.17) is 22.1 Å². The number of nitrogens with two attached hydrogens (primary N) is 1. The normalized spacial score (nSPS) is 14.8. The molecule has 0 heterocycles. The van der Waals surface area contributed by atoms with Gasteiger partial charge in [-0.1, -0.05) is 35.9 Å². The second-order valence-corrected chi connectivity index (χ2v) is 6.92. The second-order valence-electron chi connectivity index (χ2n) is 6.49. The molecule has 4 nitrogen and oxygen atoms in total. The van der Waals surface area contributed by atoms with Gasteiger partial charge in [0.05, 0.1) is 6.42 Å². The lowest BCUT2D eigenvalue weighted by Gasteiger charge is -2.16. The lowest BCUT2D eigenvalue weighted by Crippen LogP contribution is -2.42. The maximum Gasteiger partial charge on any atom is 0.224 e. The fourth-order valence-electron chi connectivity index (χ4n) is 2.80. The van der Waals surface area contributed by atoms with Gasteiger partial charge in [-0.15, -0.1) is 0 Å². The first-order valence-corrected chi connectivity index (χ1v) is 8.97. The van der Waals surface area contributed by atoms with Crippen molar-refractivity contribution in [1.82, 2.24) is 5.32 Å². The Morgan fingerprint density at radius 2 is 1.96 bits per heavy atom. The molecular weight excluding hydrogens is 336 g/mol. The molecule has 3 N–H and O–H groups in total. The molecule has 1 aliphatic rings. The van der Waals surface area contributed by atoms with E-state index in [0.717, 1.165) is 29.7 Å². The number of benzene rings is 2. The number of ether oxygens (including phenoxy) is 1. The largest absolute Gasteiger partial charge is 0.489 e. The summed E-state index contributed by atoms with van der Waals surface area (Å²) in [5.41, 5.74) is 7.71. The third kappa shape index (κ3) is 5.48. The smallest absolute Gasteiger partial charge is 0.224 e. The fraction of sp³-hybridized carbons (Fsp3) is 0.350. The summed E-state index contributed by atoms with van der Waals surface area (Å²) in [4.78, 5) is 12.2. The van der Waals surface area contributed by atoms with Crippen molar-refractivity contribution in [1.29, 1.82) is 0 Å². The summed E-state index contributed by atoms with van der Waals surface area (Å²) in [6.45, 7) is 0.963. The van der Waals surface area contributed by atoms with E-state index >= 15 is 0 Å². The minimum absolute atomic E-state index is 0.0113. The van der Waals surface area contributed by atoms with Gasteiger partial charge in [0.15, 0.2) is 0 Å². The van der Waals surface area contributed by atoms with Gasteiger partial charge in [0.2, 0.25) is 5.91 Å². The molecule has 1 atom stereocenters. The van der Waals surface area contributed by atoms with Crippen molar-refractivity contribution < 1.29 is 9.53 Å². The van der Waals surface area contributed by atoms with Gasteiger partial charge in [-0.3, -0.25) is 4.79 Å². The molecular formula is C20H23ClN2O2. The van der Waals surface area contributed by atoms with Crippen LogP contribution in [0.1, 0.15) is 24.0 Å². The van der Waals surface area contributed by atoms with Crippen LogP contribution in [0.3, 0.4) is 0 Å². The van der Waals surface area contributed by atoms with Crippen LogP contribution in [0, 0.1) is 5.92 Å². The highest BCUT2D eigenvalue weighted by Crippen LogP contribution is 2.32. The molecule has 132 valence electrons. The zero-order valence-electron chi connectivity index (χ0n) is 14.1. The van der Waals surface area contributed by atoms with E-state index in [0.29, 0.717) is 30.5 Å². The summed E-state index contributed by atoms with van der Waals surface area (Å²) in [5, 5.41) is 3.75. The Kier molecular flexibility index (Phi) is 5.95. The molecule has 2 aromatic carbocycles. The number of amides is 1. The summed E-state index contributed by atoms with van der Waals surface area (Å²) < 4.78 is 5.81. The average molecular weight is 359 g/mol. The van der Waals surface area contributed by atoms with Crippen molar-refractivity contribution in [2.75, 3.05) is 6.54 Å². The van der Waals surface area contributed by atoms with Crippen LogP contribution in [-0.2, 0) is 17.8 Å². The monoisotopic (exact) mass is 358 g/mol. The van der Waals surface area contributed by atoms with Crippen LogP contribution in [0.25, 0.3) is 0 Å². The number of halogens is 1. The van der Waals surface area contributed by atoms with Crippen molar-refractivity contribution >= 4 is 17.5 Å². The highest BCUT2D eigenvalue weighted by Gasteiger charge is 2.31. The Bertz CT molecular complexity index is 714. The van der Waals surface area contributed by atoms with Crippen LogP contribution >= 0.6 is 11.6 Å². The first-order chi connectivity index (χ1) is 12.1. The van der Waals surface area contributed by atoms with Gasteiger partial charge < -0.3 is 15.8 Å². The molecule has 1 fully saturated rings. The van der Waals surface area contributed by atoms with E-state index in [1.54, 1.807) is 0 Å². The summed E-state index contributed by atoms with van der Waals surface area (Å²) in [6.07, 6.45) is 2.66. The number of hydrogen-bond donors (Lipinski definition) is 2. The molecule has 0 saturated heterocycles. The van der Waals surface area contributed by atoms with E-state index in [-0.39, 0.29) is 11.9 Å². The average Bonchev–Trinajstić information content (AvgIpc) is 3.44. The number of carbonyl (C=O) groups excluding carboxylic acids is 1. The quantitative estimate of drug-likeness (QED) is 0.760. The lowest BCUT2D eigenvalue weighted by molar-refractivity contribution is -0.121. The summed E-state index contributed by atoms with van der Waals surface area (Å²) >= 11 is 5.88. The van der Waals surface area contributed by atoms with E-state index < -0.39 is 0 Å². The van der Waals surface area contributed by atoms with Gasteiger partial charge >= 0.3 is 0 Å². The molecule has 1 amide bonds. The molecule has 0 radical (unpaired) electrons. The van der Waals surface area contributed by atoms with E-state index in [2.05, 4.69) is 5.32 Å². The van der Waals surface area contributed by atoms with Crippen molar-refractivity contribution in [2.45, 2.75) is 31.9 Å². The SMILES string of the molecule is NCC(NC(=O)Cc1cccc(OCc2ccc(Cl)cc2)c1)C1CC1. The fourth-order valence-corrected chi connectivity index (χ4v) is 2.93.